The summed E-state index contributed by atoms with van der Waals surface area (Å²) in [6.07, 6.45) is 3.74. The molecule has 4 rings (SSSR count). The fraction of sp³-hybridized carbons (Fsp3) is 0.389. The van der Waals surface area contributed by atoms with Crippen molar-refractivity contribution in [3.8, 4) is 5.75 Å². The monoisotopic (exact) mass is 308 g/mol. The molecule has 0 bridgehead atoms. The Bertz CT molecular complexity index is 851. The summed E-state index contributed by atoms with van der Waals surface area (Å²) in [4.78, 5) is 4.54. The lowest BCUT2D eigenvalue weighted by molar-refractivity contribution is 0.292. The van der Waals surface area contributed by atoms with Crippen LogP contribution in [0, 0.1) is 6.92 Å². The molecule has 118 valence electrons. The second-order valence-electron chi connectivity index (χ2n) is 6.23. The average molecular weight is 308 g/mol. The molecule has 1 aromatic carbocycles. The number of benzene rings is 1. The van der Waals surface area contributed by atoms with Crippen LogP contribution in [-0.2, 0) is 13.7 Å². The van der Waals surface area contributed by atoms with Gasteiger partial charge in [-0.25, -0.2) is 0 Å². The highest BCUT2D eigenvalue weighted by Crippen LogP contribution is 2.35. The summed E-state index contributed by atoms with van der Waals surface area (Å²) in [5.41, 5.74) is 1.91. The number of aromatic nitrogens is 4. The molecular formula is C18H20N4O. The van der Waals surface area contributed by atoms with E-state index in [1.807, 2.05) is 44.3 Å². The van der Waals surface area contributed by atoms with Crippen LogP contribution in [0.15, 0.2) is 30.3 Å². The summed E-state index contributed by atoms with van der Waals surface area (Å²) in [7, 11) is 2.03. The van der Waals surface area contributed by atoms with Gasteiger partial charge >= 0.3 is 0 Å². The first kappa shape index (κ1) is 14.2. The van der Waals surface area contributed by atoms with E-state index in [4.69, 9.17) is 4.74 Å². The number of ether oxygens (including phenoxy) is 1. The second-order valence-corrected chi connectivity index (χ2v) is 6.23. The first-order chi connectivity index (χ1) is 11.2. The Labute approximate surface area is 135 Å². The van der Waals surface area contributed by atoms with Gasteiger partial charge < -0.3 is 9.30 Å². The van der Waals surface area contributed by atoms with Gasteiger partial charge in [0, 0.05) is 30.1 Å². The van der Waals surface area contributed by atoms with Gasteiger partial charge in [-0.15, -0.1) is 10.2 Å². The third kappa shape index (κ3) is 2.56. The van der Waals surface area contributed by atoms with Gasteiger partial charge in [0.25, 0.3) is 0 Å². The van der Waals surface area contributed by atoms with E-state index >= 15 is 0 Å². The van der Waals surface area contributed by atoms with Crippen LogP contribution in [0.2, 0.25) is 0 Å². The highest BCUT2D eigenvalue weighted by molar-refractivity contribution is 5.85. The van der Waals surface area contributed by atoms with Gasteiger partial charge in [0.2, 0.25) is 0 Å². The molecule has 2 heterocycles. The van der Waals surface area contributed by atoms with E-state index in [9.17, 15) is 0 Å². The highest BCUT2D eigenvalue weighted by atomic mass is 16.5. The third-order valence-electron chi connectivity index (χ3n) is 4.63. The maximum Gasteiger partial charge on any atom is 0.170 e. The standard InChI is InChI=1S/C18H20N4O/c1-12-10-16(14-8-3-4-9-15(14)19-12)23-11-17-20-21-18(22(17)2)13-6-5-7-13/h3-4,8-10,13H,5-7,11H2,1-2H3. The molecule has 0 atom stereocenters. The fourth-order valence-electron chi connectivity index (χ4n) is 3.05. The Hall–Kier alpha value is -2.43. The summed E-state index contributed by atoms with van der Waals surface area (Å²) < 4.78 is 8.13. The van der Waals surface area contributed by atoms with Gasteiger partial charge in [-0.05, 0) is 31.9 Å². The minimum Gasteiger partial charge on any atom is -0.485 e. The average Bonchev–Trinajstić information content (AvgIpc) is 2.84. The molecule has 0 radical (unpaired) electrons. The Morgan fingerprint density at radius 2 is 2.04 bits per heavy atom. The minimum absolute atomic E-state index is 0.420. The van der Waals surface area contributed by atoms with Crippen LogP contribution in [0.4, 0.5) is 0 Å². The van der Waals surface area contributed by atoms with Crippen LogP contribution in [0.5, 0.6) is 5.75 Å². The zero-order valence-electron chi connectivity index (χ0n) is 13.5. The number of aryl methyl sites for hydroxylation is 1. The Morgan fingerprint density at radius 1 is 1.22 bits per heavy atom. The van der Waals surface area contributed by atoms with Gasteiger partial charge in [0.15, 0.2) is 5.82 Å². The third-order valence-corrected chi connectivity index (χ3v) is 4.63. The quantitative estimate of drug-likeness (QED) is 0.740. The van der Waals surface area contributed by atoms with Crippen LogP contribution >= 0.6 is 0 Å². The smallest absolute Gasteiger partial charge is 0.170 e. The van der Waals surface area contributed by atoms with Crippen molar-refractivity contribution in [2.75, 3.05) is 0 Å². The van der Waals surface area contributed by atoms with Gasteiger partial charge in [-0.2, -0.15) is 0 Å². The SMILES string of the molecule is Cc1cc(OCc2nnc(C3CCC3)n2C)c2ccccc2n1. The molecule has 1 aliphatic carbocycles. The number of hydrogen-bond donors (Lipinski definition) is 0. The summed E-state index contributed by atoms with van der Waals surface area (Å²) >= 11 is 0. The van der Waals surface area contributed by atoms with Crippen molar-refractivity contribution in [2.24, 2.45) is 7.05 Å². The van der Waals surface area contributed by atoms with Crippen molar-refractivity contribution in [3.05, 3.63) is 47.7 Å². The van der Waals surface area contributed by atoms with E-state index in [1.54, 1.807) is 0 Å². The Kier molecular flexibility index (Phi) is 3.48. The van der Waals surface area contributed by atoms with Crippen molar-refractivity contribution in [2.45, 2.75) is 38.7 Å². The molecule has 5 nitrogen and oxygen atoms in total. The summed E-state index contributed by atoms with van der Waals surface area (Å²) in [6, 6.07) is 10.0. The molecule has 0 amide bonds. The van der Waals surface area contributed by atoms with Gasteiger partial charge in [-0.1, -0.05) is 18.6 Å². The molecule has 5 heteroatoms. The van der Waals surface area contributed by atoms with E-state index in [0.717, 1.165) is 34.0 Å². The van der Waals surface area contributed by atoms with E-state index in [2.05, 4.69) is 19.7 Å². The molecule has 0 aliphatic heterocycles. The molecule has 0 saturated heterocycles. The minimum atomic E-state index is 0.420. The van der Waals surface area contributed by atoms with Gasteiger partial charge in [-0.3, -0.25) is 4.98 Å². The van der Waals surface area contributed by atoms with Crippen LogP contribution in [0.1, 0.15) is 42.5 Å². The molecule has 3 aromatic rings. The van der Waals surface area contributed by atoms with Crippen molar-refractivity contribution in [3.63, 3.8) is 0 Å². The maximum absolute atomic E-state index is 6.05. The molecule has 1 aliphatic rings. The molecule has 2 aromatic heterocycles. The number of hydrogen-bond acceptors (Lipinski definition) is 4. The largest absolute Gasteiger partial charge is 0.485 e. The lowest BCUT2D eigenvalue weighted by Crippen LogP contribution is -2.15. The van der Waals surface area contributed by atoms with Crippen LogP contribution < -0.4 is 4.74 Å². The van der Waals surface area contributed by atoms with E-state index in [0.29, 0.717) is 12.5 Å². The zero-order chi connectivity index (χ0) is 15.8. The number of fused-ring (bicyclic) bond motifs is 1. The number of nitrogens with zero attached hydrogens (tertiary/aromatic N) is 4. The number of pyridine rings is 1. The fourth-order valence-corrected chi connectivity index (χ4v) is 3.05. The molecule has 1 fully saturated rings. The van der Waals surface area contributed by atoms with Gasteiger partial charge in [0.05, 0.1) is 5.52 Å². The number of para-hydroxylation sites is 1. The van der Waals surface area contributed by atoms with E-state index in [1.165, 1.54) is 19.3 Å². The van der Waals surface area contributed by atoms with Crippen molar-refractivity contribution >= 4 is 10.9 Å². The highest BCUT2D eigenvalue weighted by Gasteiger charge is 2.25. The van der Waals surface area contributed by atoms with Gasteiger partial charge in [0.1, 0.15) is 18.2 Å². The van der Waals surface area contributed by atoms with E-state index in [-0.39, 0.29) is 0 Å². The van der Waals surface area contributed by atoms with Crippen molar-refractivity contribution < 1.29 is 4.74 Å². The van der Waals surface area contributed by atoms with Crippen LogP contribution in [0.25, 0.3) is 10.9 Å². The summed E-state index contributed by atoms with van der Waals surface area (Å²) in [5.74, 6) is 3.38. The molecule has 0 N–H and O–H groups in total. The normalized spacial score (nSPS) is 14.9. The van der Waals surface area contributed by atoms with Crippen molar-refractivity contribution in [1.82, 2.24) is 19.7 Å². The van der Waals surface area contributed by atoms with Crippen molar-refractivity contribution in [1.29, 1.82) is 0 Å². The summed E-state index contributed by atoms with van der Waals surface area (Å²) in [6.45, 7) is 2.40. The van der Waals surface area contributed by atoms with E-state index < -0.39 is 0 Å². The Morgan fingerprint density at radius 3 is 2.83 bits per heavy atom. The molecule has 23 heavy (non-hydrogen) atoms. The lowest BCUT2D eigenvalue weighted by atomic mass is 9.85. The second kappa shape index (κ2) is 5.65. The predicted octanol–water partition coefficient (Wildman–Crippen LogP) is 3.52. The number of rotatable bonds is 4. The molecular weight excluding hydrogens is 288 g/mol. The maximum atomic E-state index is 6.05. The molecule has 0 spiro atoms. The zero-order valence-corrected chi connectivity index (χ0v) is 13.5. The predicted molar refractivity (Wildman–Crippen MR) is 88.4 cm³/mol. The first-order valence-electron chi connectivity index (χ1n) is 8.10. The first-order valence-corrected chi connectivity index (χ1v) is 8.10. The summed E-state index contributed by atoms with van der Waals surface area (Å²) in [5, 5.41) is 9.69. The lowest BCUT2D eigenvalue weighted by Gasteiger charge is -2.24. The molecule has 1 saturated carbocycles. The Balaban J connectivity index is 1.59. The van der Waals surface area contributed by atoms with Crippen LogP contribution in [0.3, 0.4) is 0 Å². The molecule has 0 unspecified atom stereocenters. The van der Waals surface area contributed by atoms with Crippen LogP contribution in [-0.4, -0.2) is 19.7 Å². The topological polar surface area (TPSA) is 52.8 Å².